The molecule has 0 aliphatic heterocycles. The Bertz CT molecular complexity index is 1050. The van der Waals surface area contributed by atoms with Crippen molar-refractivity contribution >= 4 is 45.9 Å². The molecule has 26 heavy (non-hydrogen) atoms. The zero-order valence-electron chi connectivity index (χ0n) is 13.9. The molecule has 0 bridgehead atoms. The lowest BCUT2D eigenvalue weighted by Gasteiger charge is -2.24. The first kappa shape index (κ1) is 17.8. The van der Waals surface area contributed by atoms with Crippen molar-refractivity contribution in [2.75, 3.05) is 5.75 Å². The zero-order chi connectivity index (χ0) is 18.3. The van der Waals surface area contributed by atoms with Crippen LogP contribution in [0, 0.1) is 5.92 Å². The monoisotopic (exact) mass is 405 g/mol. The number of hydrogen-bond acceptors (Lipinski definition) is 3. The van der Waals surface area contributed by atoms with Crippen molar-refractivity contribution in [3.63, 3.8) is 0 Å². The van der Waals surface area contributed by atoms with Gasteiger partial charge in [0.2, 0.25) is 0 Å². The number of thioether (sulfide) groups is 1. The van der Waals surface area contributed by atoms with Crippen LogP contribution in [-0.4, -0.2) is 15.8 Å². The number of hydrogen-bond donors (Lipinski definition) is 2. The Morgan fingerprint density at radius 1 is 1.19 bits per heavy atom. The minimum atomic E-state index is -0.311. The molecule has 0 spiro atoms. The maximum absolute atomic E-state index is 12.4. The number of nitrogens with one attached hydrogen (secondary N) is 1. The van der Waals surface area contributed by atoms with Crippen LogP contribution in [-0.2, 0) is 12.8 Å². The topological polar surface area (TPSA) is 53.1 Å². The quantitative estimate of drug-likeness (QED) is 0.570. The molecule has 6 heteroatoms. The van der Waals surface area contributed by atoms with Crippen LogP contribution in [0.5, 0.6) is 5.75 Å². The fraction of sp³-hybridized carbons (Fsp3) is 0.250. The van der Waals surface area contributed by atoms with Crippen molar-refractivity contribution in [1.29, 1.82) is 0 Å². The predicted molar refractivity (Wildman–Crippen MR) is 109 cm³/mol. The van der Waals surface area contributed by atoms with E-state index in [-0.39, 0.29) is 11.3 Å². The Hall–Kier alpha value is -1.62. The molecule has 4 rings (SSSR count). The first-order valence-corrected chi connectivity index (χ1v) is 10.2. The summed E-state index contributed by atoms with van der Waals surface area (Å²) in [5.74, 6) is 1.19. The smallest absolute Gasteiger partial charge is 0.265 e. The molecule has 0 radical (unpaired) electrons. The van der Waals surface area contributed by atoms with Gasteiger partial charge < -0.3 is 10.1 Å². The van der Waals surface area contributed by atoms with E-state index in [9.17, 15) is 9.90 Å². The lowest BCUT2D eigenvalue weighted by atomic mass is 9.85. The molecule has 1 heterocycles. The normalized spacial score (nSPS) is 16.6. The van der Waals surface area contributed by atoms with Crippen molar-refractivity contribution in [1.82, 2.24) is 4.98 Å². The van der Waals surface area contributed by atoms with Gasteiger partial charge in [0, 0.05) is 10.8 Å². The van der Waals surface area contributed by atoms with Crippen LogP contribution < -0.4 is 5.56 Å². The van der Waals surface area contributed by atoms with Crippen LogP contribution in [0.25, 0.3) is 10.9 Å². The van der Waals surface area contributed by atoms with E-state index in [0.717, 1.165) is 25.0 Å². The molecule has 1 aliphatic carbocycles. The number of aromatic amines is 1. The van der Waals surface area contributed by atoms with Gasteiger partial charge in [-0.25, -0.2) is 0 Å². The van der Waals surface area contributed by atoms with Crippen LogP contribution >= 0.6 is 35.0 Å². The Morgan fingerprint density at radius 2 is 1.96 bits per heavy atom. The average Bonchev–Trinajstić information content (AvgIpc) is 2.60. The highest BCUT2D eigenvalue weighted by molar-refractivity contribution is 7.99. The third-order valence-electron chi connectivity index (χ3n) is 4.87. The Balaban J connectivity index is 1.59. The third-order valence-corrected chi connectivity index (χ3v) is 6.70. The van der Waals surface area contributed by atoms with Crippen molar-refractivity contribution in [3.8, 4) is 5.75 Å². The summed E-state index contributed by atoms with van der Waals surface area (Å²) in [6, 6.07) is 11.7. The molecule has 1 aliphatic rings. The number of benzene rings is 2. The number of fused-ring (bicyclic) bond motifs is 2. The molecule has 1 atom stereocenters. The summed E-state index contributed by atoms with van der Waals surface area (Å²) >= 11 is 13.6. The van der Waals surface area contributed by atoms with Crippen molar-refractivity contribution < 1.29 is 5.11 Å². The molecule has 0 fully saturated rings. The molecule has 2 aromatic carbocycles. The van der Waals surface area contributed by atoms with E-state index in [2.05, 4.69) is 29.2 Å². The van der Waals surface area contributed by atoms with Gasteiger partial charge in [-0.2, -0.15) is 0 Å². The second kappa shape index (κ2) is 7.18. The number of H-pyrrole nitrogens is 1. The lowest BCUT2D eigenvalue weighted by molar-refractivity contribution is 0.466. The molecule has 1 unspecified atom stereocenters. The fourth-order valence-electron chi connectivity index (χ4n) is 3.56. The van der Waals surface area contributed by atoms with Gasteiger partial charge in [0.15, 0.2) is 0 Å². The average molecular weight is 406 g/mol. The van der Waals surface area contributed by atoms with Crippen molar-refractivity contribution in [3.05, 3.63) is 67.9 Å². The van der Waals surface area contributed by atoms with Crippen LogP contribution in [0.4, 0.5) is 0 Å². The maximum atomic E-state index is 12.4. The summed E-state index contributed by atoms with van der Waals surface area (Å²) in [7, 11) is 0. The number of pyridine rings is 1. The summed E-state index contributed by atoms with van der Waals surface area (Å²) in [4.78, 5) is 15.5. The van der Waals surface area contributed by atoms with Crippen molar-refractivity contribution in [2.45, 2.75) is 24.2 Å². The van der Waals surface area contributed by atoms with Crippen LogP contribution in [0.3, 0.4) is 0 Å². The first-order chi connectivity index (χ1) is 12.5. The van der Waals surface area contributed by atoms with Gasteiger partial charge in [0.1, 0.15) is 10.6 Å². The lowest BCUT2D eigenvalue weighted by Crippen LogP contribution is -2.17. The molecule has 2 N–H and O–H groups in total. The van der Waals surface area contributed by atoms with E-state index < -0.39 is 0 Å². The molecular weight excluding hydrogens is 389 g/mol. The summed E-state index contributed by atoms with van der Waals surface area (Å²) < 4.78 is 0. The van der Waals surface area contributed by atoms with Crippen LogP contribution in [0.2, 0.25) is 10.0 Å². The number of halogens is 2. The summed E-state index contributed by atoms with van der Waals surface area (Å²) in [5.41, 5.74) is 2.94. The Morgan fingerprint density at radius 3 is 2.77 bits per heavy atom. The second-order valence-corrected chi connectivity index (χ2v) is 8.50. The Kier molecular flexibility index (Phi) is 4.91. The maximum Gasteiger partial charge on any atom is 0.265 e. The van der Waals surface area contributed by atoms with Gasteiger partial charge in [0.05, 0.1) is 15.9 Å². The molecule has 0 amide bonds. The van der Waals surface area contributed by atoms with E-state index in [4.69, 9.17) is 23.2 Å². The van der Waals surface area contributed by atoms with Gasteiger partial charge in [-0.05, 0) is 48.4 Å². The molecule has 0 saturated carbocycles. The van der Waals surface area contributed by atoms with E-state index >= 15 is 0 Å². The van der Waals surface area contributed by atoms with Gasteiger partial charge in [-0.1, -0.05) is 47.5 Å². The fourth-order valence-corrected chi connectivity index (χ4v) is 5.25. The highest BCUT2D eigenvalue weighted by Crippen LogP contribution is 2.38. The number of rotatable bonds is 3. The Labute approximate surface area is 165 Å². The summed E-state index contributed by atoms with van der Waals surface area (Å²) in [6.07, 6.45) is 3.16. The minimum absolute atomic E-state index is 0.0633. The minimum Gasteiger partial charge on any atom is -0.506 e. The van der Waals surface area contributed by atoms with Gasteiger partial charge in [-0.3, -0.25) is 4.79 Å². The largest absolute Gasteiger partial charge is 0.506 e. The molecule has 1 aromatic heterocycles. The first-order valence-electron chi connectivity index (χ1n) is 8.46. The summed E-state index contributed by atoms with van der Waals surface area (Å²) in [6.45, 7) is 0. The zero-order valence-corrected chi connectivity index (χ0v) is 16.2. The van der Waals surface area contributed by atoms with Crippen LogP contribution in [0.15, 0.2) is 46.1 Å². The van der Waals surface area contributed by atoms with Gasteiger partial charge >= 0.3 is 0 Å². The van der Waals surface area contributed by atoms with E-state index in [0.29, 0.717) is 31.8 Å². The molecule has 3 nitrogen and oxygen atoms in total. The SMILES string of the molecule is O=c1[nH]c2cc(Cl)cc(Cl)c2c(O)c1SCC1CCc2ccccc2C1. The predicted octanol–water partition coefficient (Wildman–Crippen LogP) is 5.44. The number of aromatic hydroxyl groups is 1. The van der Waals surface area contributed by atoms with Gasteiger partial charge in [-0.15, -0.1) is 11.8 Å². The van der Waals surface area contributed by atoms with E-state index in [1.807, 2.05) is 0 Å². The van der Waals surface area contributed by atoms with E-state index in [1.54, 1.807) is 12.1 Å². The highest BCUT2D eigenvalue weighted by atomic mass is 35.5. The molecule has 3 aromatic rings. The molecule has 0 saturated heterocycles. The van der Waals surface area contributed by atoms with Crippen molar-refractivity contribution in [2.24, 2.45) is 5.92 Å². The molecular formula is C20H17Cl2NO2S. The summed E-state index contributed by atoms with van der Waals surface area (Å²) in [5, 5.41) is 11.8. The van der Waals surface area contributed by atoms with E-state index in [1.165, 1.54) is 22.9 Å². The van der Waals surface area contributed by atoms with Gasteiger partial charge in [0.25, 0.3) is 5.56 Å². The number of aryl methyl sites for hydroxylation is 1. The van der Waals surface area contributed by atoms with Crippen LogP contribution in [0.1, 0.15) is 17.5 Å². The third kappa shape index (κ3) is 3.34. The molecule has 134 valence electrons. The highest BCUT2D eigenvalue weighted by Gasteiger charge is 2.21. The standard InChI is InChI=1S/C20H17Cl2NO2S/c21-14-8-15(22)17-16(9-14)23-20(25)19(18(17)24)26-10-11-5-6-12-3-1-2-4-13(12)7-11/h1-4,8-9,11H,5-7,10H2,(H2,23,24,25). The number of aromatic nitrogens is 1. The second-order valence-electron chi connectivity index (χ2n) is 6.63.